The van der Waals surface area contributed by atoms with E-state index in [1.165, 1.54) is 38.9 Å². The Bertz CT molecular complexity index is 245. The summed E-state index contributed by atoms with van der Waals surface area (Å²) in [6.07, 6.45) is 5.09. The lowest BCUT2D eigenvalue weighted by Crippen LogP contribution is -2.39. The summed E-state index contributed by atoms with van der Waals surface area (Å²) in [5.74, 6) is 1.87. The second-order valence-corrected chi connectivity index (χ2v) is 5.35. The van der Waals surface area contributed by atoms with E-state index in [1.54, 1.807) is 0 Å². The van der Waals surface area contributed by atoms with Crippen LogP contribution in [-0.2, 0) is 0 Å². The van der Waals surface area contributed by atoms with Crippen LogP contribution < -0.4 is 10.6 Å². The molecule has 4 nitrogen and oxygen atoms in total. The molecule has 1 fully saturated rings. The number of hydrogen-bond acceptors (Lipinski definition) is 2. The standard InChI is InChI=1S/C15H32N4/c1-4-10-17-15(16-5-2)18-11-7-14-8-12-19(6-3)13-9-14/h14H,4-13H2,1-3H3,(H2,16,17,18). The number of piperidine rings is 1. The van der Waals surface area contributed by atoms with E-state index in [2.05, 4.69) is 41.3 Å². The zero-order chi connectivity index (χ0) is 13.9. The van der Waals surface area contributed by atoms with Crippen LogP contribution in [-0.4, -0.2) is 50.1 Å². The Hall–Kier alpha value is -0.770. The van der Waals surface area contributed by atoms with Gasteiger partial charge in [-0.1, -0.05) is 13.8 Å². The van der Waals surface area contributed by atoms with Crippen molar-refractivity contribution in [2.24, 2.45) is 10.9 Å². The first-order chi connectivity index (χ1) is 9.30. The quantitative estimate of drug-likeness (QED) is 0.548. The number of hydrogen-bond donors (Lipinski definition) is 2. The van der Waals surface area contributed by atoms with E-state index < -0.39 is 0 Å². The van der Waals surface area contributed by atoms with E-state index >= 15 is 0 Å². The molecule has 0 bridgehead atoms. The molecule has 0 spiro atoms. The van der Waals surface area contributed by atoms with Gasteiger partial charge in [-0.25, -0.2) is 0 Å². The highest BCUT2D eigenvalue weighted by atomic mass is 15.2. The SMILES string of the molecule is CCCN=C(NCC)NCCC1CCN(CC)CC1. The maximum absolute atomic E-state index is 4.53. The molecule has 4 heteroatoms. The number of guanidine groups is 1. The fraction of sp³-hybridized carbons (Fsp3) is 0.933. The smallest absolute Gasteiger partial charge is 0.191 e. The van der Waals surface area contributed by atoms with Crippen molar-refractivity contribution in [3.8, 4) is 0 Å². The lowest BCUT2D eigenvalue weighted by Gasteiger charge is -2.31. The van der Waals surface area contributed by atoms with Gasteiger partial charge in [0.05, 0.1) is 0 Å². The molecule has 0 unspecified atom stereocenters. The lowest BCUT2D eigenvalue weighted by molar-refractivity contribution is 0.187. The van der Waals surface area contributed by atoms with Gasteiger partial charge in [0.2, 0.25) is 0 Å². The van der Waals surface area contributed by atoms with Crippen LogP contribution in [0.4, 0.5) is 0 Å². The van der Waals surface area contributed by atoms with Crippen molar-refractivity contribution >= 4 is 5.96 Å². The molecule has 0 radical (unpaired) electrons. The van der Waals surface area contributed by atoms with Crippen molar-refractivity contribution < 1.29 is 0 Å². The summed E-state index contributed by atoms with van der Waals surface area (Å²) >= 11 is 0. The van der Waals surface area contributed by atoms with Crippen LogP contribution in [0.1, 0.15) is 46.5 Å². The van der Waals surface area contributed by atoms with Gasteiger partial charge in [-0.2, -0.15) is 0 Å². The maximum atomic E-state index is 4.53. The second kappa shape index (κ2) is 10.1. The summed E-state index contributed by atoms with van der Waals surface area (Å²) in [4.78, 5) is 7.08. The molecule has 0 aliphatic carbocycles. The molecule has 0 aromatic rings. The predicted molar refractivity (Wildman–Crippen MR) is 83.7 cm³/mol. The third kappa shape index (κ3) is 6.81. The number of aliphatic imine (C=N–C) groups is 1. The summed E-state index contributed by atoms with van der Waals surface area (Å²) in [5, 5.41) is 6.76. The number of nitrogens with zero attached hydrogens (tertiary/aromatic N) is 2. The van der Waals surface area contributed by atoms with Crippen LogP contribution in [0.25, 0.3) is 0 Å². The molecule has 0 aromatic carbocycles. The first kappa shape index (κ1) is 16.3. The normalized spacial score (nSPS) is 18.6. The van der Waals surface area contributed by atoms with Crippen LogP contribution in [0.15, 0.2) is 4.99 Å². The summed E-state index contributed by atoms with van der Waals surface area (Å²) in [6, 6.07) is 0. The molecule has 2 N–H and O–H groups in total. The Morgan fingerprint density at radius 3 is 2.47 bits per heavy atom. The van der Waals surface area contributed by atoms with E-state index in [-0.39, 0.29) is 0 Å². The van der Waals surface area contributed by atoms with Gasteiger partial charge in [0.15, 0.2) is 5.96 Å². The van der Waals surface area contributed by atoms with Gasteiger partial charge in [-0.3, -0.25) is 4.99 Å². The Labute approximate surface area is 119 Å². The largest absolute Gasteiger partial charge is 0.357 e. The molecule has 1 rings (SSSR count). The monoisotopic (exact) mass is 268 g/mol. The molecule has 112 valence electrons. The number of likely N-dealkylation sites (tertiary alicyclic amines) is 1. The zero-order valence-electron chi connectivity index (χ0n) is 13.0. The van der Waals surface area contributed by atoms with Gasteiger partial charge < -0.3 is 15.5 Å². The lowest BCUT2D eigenvalue weighted by atomic mass is 9.93. The summed E-state index contributed by atoms with van der Waals surface area (Å²) < 4.78 is 0. The maximum Gasteiger partial charge on any atom is 0.191 e. The van der Waals surface area contributed by atoms with Crippen LogP contribution in [0.5, 0.6) is 0 Å². The average molecular weight is 268 g/mol. The van der Waals surface area contributed by atoms with Gasteiger partial charge in [-0.05, 0) is 58.2 Å². The summed E-state index contributed by atoms with van der Waals surface area (Å²) in [6.45, 7) is 13.2. The Morgan fingerprint density at radius 2 is 1.89 bits per heavy atom. The van der Waals surface area contributed by atoms with Gasteiger partial charge in [-0.15, -0.1) is 0 Å². The van der Waals surface area contributed by atoms with Crippen LogP contribution in [0, 0.1) is 5.92 Å². The minimum absolute atomic E-state index is 0.893. The number of nitrogens with one attached hydrogen (secondary N) is 2. The molecule has 0 saturated carbocycles. The van der Waals surface area contributed by atoms with Crippen molar-refractivity contribution in [1.29, 1.82) is 0 Å². The first-order valence-electron chi connectivity index (χ1n) is 8.04. The minimum Gasteiger partial charge on any atom is -0.357 e. The van der Waals surface area contributed by atoms with Crippen LogP contribution in [0.3, 0.4) is 0 Å². The molecule has 1 heterocycles. The third-order valence-corrected chi connectivity index (χ3v) is 3.84. The number of rotatable bonds is 7. The zero-order valence-corrected chi connectivity index (χ0v) is 13.0. The van der Waals surface area contributed by atoms with E-state index in [9.17, 15) is 0 Å². The Morgan fingerprint density at radius 1 is 1.16 bits per heavy atom. The molecule has 0 aromatic heterocycles. The van der Waals surface area contributed by atoms with E-state index in [0.29, 0.717) is 0 Å². The highest BCUT2D eigenvalue weighted by Gasteiger charge is 2.17. The van der Waals surface area contributed by atoms with Gasteiger partial charge >= 0.3 is 0 Å². The van der Waals surface area contributed by atoms with E-state index in [0.717, 1.165) is 37.9 Å². The molecule has 1 aliphatic rings. The Kier molecular flexibility index (Phi) is 8.63. The Balaban J connectivity index is 2.17. The molecule has 0 atom stereocenters. The first-order valence-corrected chi connectivity index (χ1v) is 8.04. The molecule has 1 saturated heterocycles. The van der Waals surface area contributed by atoms with Crippen molar-refractivity contribution in [2.45, 2.75) is 46.5 Å². The van der Waals surface area contributed by atoms with E-state index in [4.69, 9.17) is 0 Å². The van der Waals surface area contributed by atoms with Crippen LogP contribution >= 0.6 is 0 Å². The van der Waals surface area contributed by atoms with Crippen molar-refractivity contribution in [3.05, 3.63) is 0 Å². The second-order valence-electron chi connectivity index (χ2n) is 5.35. The van der Waals surface area contributed by atoms with Crippen molar-refractivity contribution in [2.75, 3.05) is 39.3 Å². The fourth-order valence-electron chi connectivity index (χ4n) is 2.55. The minimum atomic E-state index is 0.893. The van der Waals surface area contributed by atoms with Crippen LogP contribution in [0.2, 0.25) is 0 Å². The summed E-state index contributed by atoms with van der Waals surface area (Å²) in [5.41, 5.74) is 0. The molecule has 19 heavy (non-hydrogen) atoms. The topological polar surface area (TPSA) is 39.7 Å². The molecule has 1 aliphatic heterocycles. The third-order valence-electron chi connectivity index (χ3n) is 3.84. The van der Waals surface area contributed by atoms with Crippen molar-refractivity contribution in [1.82, 2.24) is 15.5 Å². The predicted octanol–water partition coefficient (Wildman–Crippen LogP) is 2.07. The fourth-order valence-corrected chi connectivity index (χ4v) is 2.55. The van der Waals surface area contributed by atoms with Crippen molar-refractivity contribution in [3.63, 3.8) is 0 Å². The van der Waals surface area contributed by atoms with E-state index in [1.807, 2.05) is 0 Å². The van der Waals surface area contributed by atoms with Gasteiger partial charge in [0.1, 0.15) is 0 Å². The highest BCUT2D eigenvalue weighted by molar-refractivity contribution is 5.79. The van der Waals surface area contributed by atoms with Gasteiger partial charge in [0.25, 0.3) is 0 Å². The average Bonchev–Trinajstić information content (AvgIpc) is 2.45. The van der Waals surface area contributed by atoms with Gasteiger partial charge in [0, 0.05) is 19.6 Å². The highest BCUT2D eigenvalue weighted by Crippen LogP contribution is 2.19. The molecule has 0 amide bonds. The molecular formula is C15H32N4. The summed E-state index contributed by atoms with van der Waals surface area (Å²) in [7, 11) is 0. The molecular weight excluding hydrogens is 236 g/mol.